The molecule has 2 aromatic rings. The number of aromatic nitrogens is 3. The number of aryl methyl sites for hydroxylation is 3. The first-order chi connectivity index (χ1) is 11.4. The van der Waals surface area contributed by atoms with Gasteiger partial charge in [-0.05, 0) is 33.6 Å². The first kappa shape index (κ1) is 16.8. The molecule has 1 fully saturated rings. The summed E-state index contributed by atoms with van der Waals surface area (Å²) in [5, 5.41) is 0.995. The summed E-state index contributed by atoms with van der Waals surface area (Å²) in [4.78, 5) is 38.8. The Labute approximate surface area is 145 Å². The largest absolute Gasteiger partial charge is 0.342 e. The molecule has 0 aliphatic carbocycles. The second kappa shape index (κ2) is 6.84. The number of likely N-dealkylation sites (tertiary alicyclic amines) is 1. The Hall–Kier alpha value is -2.02. The van der Waals surface area contributed by atoms with E-state index in [9.17, 15) is 9.59 Å². The highest BCUT2D eigenvalue weighted by Crippen LogP contribution is 2.26. The molecule has 0 saturated carbocycles. The lowest BCUT2D eigenvalue weighted by molar-refractivity contribution is -0.131. The minimum Gasteiger partial charge on any atom is -0.342 e. The number of H-pyrrole nitrogens is 1. The van der Waals surface area contributed by atoms with Gasteiger partial charge in [0.05, 0.1) is 22.8 Å². The second-order valence-electron chi connectivity index (χ2n) is 6.35. The number of nitrogens with one attached hydrogen (secondary N) is 1. The molecular formula is C17H22N4O2S. The second-order valence-corrected chi connectivity index (χ2v) is 7.64. The van der Waals surface area contributed by atoms with Crippen LogP contribution in [0.2, 0.25) is 0 Å². The molecule has 128 valence electrons. The number of amides is 1. The van der Waals surface area contributed by atoms with E-state index in [0.717, 1.165) is 40.7 Å². The summed E-state index contributed by atoms with van der Waals surface area (Å²) >= 11 is 1.59. The van der Waals surface area contributed by atoms with Gasteiger partial charge in [-0.1, -0.05) is 0 Å². The van der Waals surface area contributed by atoms with Gasteiger partial charge in [-0.2, -0.15) is 0 Å². The Bertz CT molecular complexity index is 811. The molecule has 0 radical (unpaired) electrons. The number of hydrogen-bond donors (Lipinski definition) is 1. The fourth-order valence-electron chi connectivity index (χ4n) is 3.24. The van der Waals surface area contributed by atoms with Gasteiger partial charge in [0, 0.05) is 30.0 Å². The number of piperidine rings is 1. The molecule has 1 unspecified atom stereocenters. The van der Waals surface area contributed by atoms with Crippen molar-refractivity contribution >= 4 is 17.2 Å². The first-order valence-corrected chi connectivity index (χ1v) is 9.02. The smallest absolute Gasteiger partial charge is 0.251 e. The summed E-state index contributed by atoms with van der Waals surface area (Å²) in [6.45, 7) is 7.10. The van der Waals surface area contributed by atoms with Crippen LogP contribution in [0.15, 0.2) is 10.9 Å². The topological polar surface area (TPSA) is 79.0 Å². The quantitative estimate of drug-likeness (QED) is 0.923. The van der Waals surface area contributed by atoms with Gasteiger partial charge in [0.2, 0.25) is 5.91 Å². The molecule has 0 spiro atoms. The van der Waals surface area contributed by atoms with Gasteiger partial charge in [0.25, 0.3) is 5.56 Å². The summed E-state index contributed by atoms with van der Waals surface area (Å²) in [7, 11) is 0. The molecule has 24 heavy (non-hydrogen) atoms. The van der Waals surface area contributed by atoms with Crippen molar-refractivity contribution in [3.05, 3.63) is 43.5 Å². The lowest BCUT2D eigenvalue weighted by atomic mass is 9.94. The van der Waals surface area contributed by atoms with Gasteiger partial charge in [-0.3, -0.25) is 9.59 Å². The SMILES string of the molecule is Cc1nc(C2CCCN(C(=O)Cc3sc(C)nc3C)C2)cc(=O)[nH]1. The third-order valence-corrected chi connectivity index (χ3v) is 5.46. The highest BCUT2D eigenvalue weighted by Gasteiger charge is 2.26. The zero-order valence-corrected chi connectivity index (χ0v) is 15.1. The molecular weight excluding hydrogens is 324 g/mol. The molecule has 1 atom stereocenters. The fraction of sp³-hybridized carbons (Fsp3) is 0.529. The van der Waals surface area contributed by atoms with Gasteiger partial charge in [0.15, 0.2) is 0 Å². The van der Waals surface area contributed by atoms with Crippen LogP contribution in [0.3, 0.4) is 0 Å². The molecule has 7 heteroatoms. The van der Waals surface area contributed by atoms with Crippen molar-refractivity contribution in [3.8, 4) is 0 Å². The lowest BCUT2D eigenvalue weighted by Gasteiger charge is -2.32. The highest BCUT2D eigenvalue weighted by atomic mass is 32.1. The van der Waals surface area contributed by atoms with Crippen LogP contribution in [-0.4, -0.2) is 38.8 Å². The van der Waals surface area contributed by atoms with Crippen LogP contribution in [0.5, 0.6) is 0 Å². The number of hydrogen-bond acceptors (Lipinski definition) is 5. The van der Waals surface area contributed by atoms with Crippen LogP contribution in [0, 0.1) is 20.8 Å². The van der Waals surface area contributed by atoms with Crippen LogP contribution in [0.1, 0.15) is 45.9 Å². The molecule has 1 saturated heterocycles. The summed E-state index contributed by atoms with van der Waals surface area (Å²) in [6, 6.07) is 1.56. The van der Waals surface area contributed by atoms with Crippen molar-refractivity contribution < 1.29 is 4.79 Å². The van der Waals surface area contributed by atoms with Crippen LogP contribution in [0.4, 0.5) is 0 Å². The summed E-state index contributed by atoms with van der Waals surface area (Å²) in [5.41, 5.74) is 1.61. The minimum atomic E-state index is -0.128. The molecule has 1 aliphatic heterocycles. The van der Waals surface area contributed by atoms with Crippen molar-refractivity contribution in [1.82, 2.24) is 19.9 Å². The predicted octanol–water partition coefficient (Wildman–Crippen LogP) is 2.10. The Kier molecular flexibility index (Phi) is 4.80. The van der Waals surface area contributed by atoms with E-state index in [0.29, 0.717) is 18.8 Å². The maximum Gasteiger partial charge on any atom is 0.251 e. The first-order valence-electron chi connectivity index (χ1n) is 8.21. The number of carbonyl (C=O) groups is 1. The predicted molar refractivity (Wildman–Crippen MR) is 93.4 cm³/mol. The van der Waals surface area contributed by atoms with E-state index >= 15 is 0 Å². The monoisotopic (exact) mass is 346 g/mol. The van der Waals surface area contributed by atoms with Gasteiger partial charge in [-0.25, -0.2) is 9.97 Å². The Balaban J connectivity index is 1.72. The Morgan fingerprint density at radius 2 is 2.17 bits per heavy atom. The number of rotatable bonds is 3. The zero-order valence-electron chi connectivity index (χ0n) is 14.3. The van der Waals surface area contributed by atoms with Crippen LogP contribution in [0.25, 0.3) is 0 Å². The van der Waals surface area contributed by atoms with Gasteiger partial charge >= 0.3 is 0 Å². The maximum absolute atomic E-state index is 12.7. The third-order valence-electron chi connectivity index (χ3n) is 4.38. The molecule has 6 nitrogen and oxygen atoms in total. The van der Waals surface area contributed by atoms with Crippen molar-refractivity contribution in [3.63, 3.8) is 0 Å². The molecule has 3 rings (SSSR count). The number of thiazole rings is 1. The molecule has 3 heterocycles. The lowest BCUT2D eigenvalue weighted by Crippen LogP contribution is -2.40. The minimum absolute atomic E-state index is 0.128. The average molecular weight is 346 g/mol. The normalized spacial score (nSPS) is 18.0. The van der Waals surface area contributed by atoms with Gasteiger partial charge in [-0.15, -0.1) is 11.3 Å². The Morgan fingerprint density at radius 3 is 2.83 bits per heavy atom. The van der Waals surface area contributed by atoms with E-state index in [1.165, 1.54) is 0 Å². The fourth-order valence-corrected chi connectivity index (χ4v) is 4.17. The molecule has 1 N–H and O–H groups in total. The summed E-state index contributed by atoms with van der Waals surface area (Å²) < 4.78 is 0. The molecule has 1 aliphatic rings. The van der Waals surface area contributed by atoms with Crippen molar-refractivity contribution in [1.29, 1.82) is 0 Å². The molecule has 1 amide bonds. The molecule has 2 aromatic heterocycles. The van der Waals surface area contributed by atoms with E-state index < -0.39 is 0 Å². The number of aromatic amines is 1. The van der Waals surface area contributed by atoms with E-state index in [4.69, 9.17) is 0 Å². The molecule has 0 aromatic carbocycles. The van der Waals surface area contributed by atoms with Crippen molar-refractivity contribution in [2.24, 2.45) is 0 Å². The van der Waals surface area contributed by atoms with Crippen molar-refractivity contribution in [2.45, 2.75) is 46.0 Å². The van der Waals surface area contributed by atoms with Crippen LogP contribution in [-0.2, 0) is 11.2 Å². The standard InChI is InChI=1S/C17H22N4O2S/c1-10-15(24-12(3)18-10)8-17(23)21-6-4-5-13(9-21)14-7-16(22)20-11(2)19-14/h7,13H,4-6,8-9H2,1-3H3,(H,19,20,22). The van der Waals surface area contributed by atoms with Crippen LogP contribution < -0.4 is 5.56 Å². The number of carbonyl (C=O) groups excluding carboxylic acids is 1. The van der Waals surface area contributed by atoms with Gasteiger partial charge < -0.3 is 9.88 Å². The van der Waals surface area contributed by atoms with E-state index in [2.05, 4.69) is 15.0 Å². The summed E-state index contributed by atoms with van der Waals surface area (Å²) in [5.74, 6) is 0.887. The Morgan fingerprint density at radius 1 is 1.38 bits per heavy atom. The van der Waals surface area contributed by atoms with Crippen molar-refractivity contribution in [2.75, 3.05) is 13.1 Å². The average Bonchev–Trinajstić information content (AvgIpc) is 2.84. The van der Waals surface area contributed by atoms with E-state index in [-0.39, 0.29) is 17.4 Å². The maximum atomic E-state index is 12.7. The summed E-state index contributed by atoms with van der Waals surface area (Å²) in [6.07, 6.45) is 2.30. The third kappa shape index (κ3) is 3.72. The van der Waals surface area contributed by atoms with Crippen LogP contribution >= 0.6 is 11.3 Å². The molecule has 0 bridgehead atoms. The van der Waals surface area contributed by atoms with E-state index in [1.54, 1.807) is 24.3 Å². The van der Waals surface area contributed by atoms with E-state index in [1.807, 2.05) is 18.7 Å². The zero-order chi connectivity index (χ0) is 17.3. The number of nitrogens with zero attached hydrogens (tertiary/aromatic N) is 3. The van der Waals surface area contributed by atoms with Gasteiger partial charge in [0.1, 0.15) is 5.82 Å². The highest BCUT2D eigenvalue weighted by molar-refractivity contribution is 7.11.